The lowest BCUT2D eigenvalue weighted by molar-refractivity contribution is 0.638. The number of aromatic nitrogens is 1. The highest BCUT2D eigenvalue weighted by molar-refractivity contribution is 5.79. The van der Waals surface area contributed by atoms with Gasteiger partial charge in [-0.1, -0.05) is 19.9 Å². The van der Waals surface area contributed by atoms with Crippen LogP contribution in [0.4, 0.5) is 4.39 Å². The number of benzene rings is 1. The molecule has 1 nitrogen and oxygen atoms in total. The van der Waals surface area contributed by atoms with Gasteiger partial charge in [0.1, 0.15) is 5.82 Å². The van der Waals surface area contributed by atoms with Gasteiger partial charge >= 0.3 is 0 Å². The molecule has 0 spiro atoms. The smallest absolute Gasteiger partial charge is 0.134 e. The van der Waals surface area contributed by atoms with E-state index in [4.69, 9.17) is 0 Å². The molecule has 1 aromatic heterocycles. The minimum Gasteiger partial charge on any atom is -0.256 e. The van der Waals surface area contributed by atoms with Crippen LogP contribution in [0.15, 0.2) is 30.5 Å². The molecule has 14 heavy (non-hydrogen) atoms. The van der Waals surface area contributed by atoms with Crippen LogP contribution in [0.1, 0.15) is 25.3 Å². The first kappa shape index (κ1) is 9.13. The first-order valence-corrected chi connectivity index (χ1v) is 4.72. The first-order valence-electron chi connectivity index (χ1n) is 4.72. The van der Waals surface area contributed by atoms with E-state index >= 15 is 0 Å². The van der Waals surface area contributed by atoms with E-state index in [9.17, 15) is 4.39 Å². The van der Waals surface area contributed by atoms with Crippen LogP contribution < -0.4 is 0 Å². The summed E-state index contributed by atoms with van der Waals surface area (Å²) in [5, 5.41) is 0.610. The predicted octanol–water partition coefficient (Wildman–Crippen LogP) is 3.50. The van der Waals surface area contributed by atoms with Gasteiger partial charge in [-0.05, 0) is 29.7 Å². The molecular weight excluding hydrogens is 177 g/mol. The highest BCUT2D eigenvalue weighted by atomic mass is 19.1. The van der Waals surface area contributed by atoms with Gasteiger partial charge in [0.15, 0.2) is 0 Å². The van der Waals surface area contributed by atoms with Gasteiger partial charge in [0.25, 0.3) is 0 Å². The van der Waals surface area contributed by atoms with Gasteiger partial charge in [-0.25, -0.2) is 4.39 Å². The van der Waals surface area contributed by atoms with Gasteiger partial charge in [0.2, 0.25) is 0 Å². The number of rotatable bonds is 1. The number of halogens is 1. The van der Waals surface area contributed by atoms with Crippen LogP contribution in [-0.2, 0) is 0 Å². The Hall–Kier alpha value is -1.44. The Labute approximate surface area is 82.6 Å². The van der Waals surface area contributed by atoms with Crippen molar-refractivity contribution in [1.82, 2.24) is 4.98 Å². The minimum atomic E-state index is -0.197. The second-order valence-electron chi connectivity index (χ2n) is 3.72. The summed E-state index contributed by atoms with van der Waals surface area (Å²) in [7, 11) is 0. The third-order valence-electron chi connectivity index (χ3n) is 2.38. The minimum absolute atomic E-state index is 0.197. The van der Waals surface area contributed by atoms with Crippen molar-refractivity contribution in [2.75, 3.05) is 0 Å². The van der Waals surface area contributed by atoms with Crippen LogP contribution in [0, 0.1) is 5.82 Å². The normalized spacial score (nSPS) is 11.1. The van der Waals surface area contributed by atoms with E-state index in [2.05, 4.69) is 18.8 Å². The van der Waals surface area contributed by atoms with Crippen LogP contribution in [0.25, 0.3) is 10.9 Å². The zero-order valence-corrected chi connectivity index (χ0v) is 8.29. The van der Waals surface area contributed by atoms with Crippen LogP contribution in [0.3, 0.4) is 0 Å². The van der Waals surface area contributed by atoms with Crippen molar-refractivity contribution in [3.8, 4) is 0 Å². The molecule has 0 saturated heterocycles. The molecule has 1 heterocycles. The summed E-state index contributed by atoms with van der Waals surface area (Å²) in [6, 6.07) is 7.14. The van der Waals surface area contributed by atoms with Gasteiger partial charge < -0.3 is 0 Å². The van der Waals surface area contributed by atoms with Crippen LogP contribution in [0.5, 0.6) is 0 Å². The maximum atomic E-state index is 13.4. The summed E-state index contributed by atoms with van der Waals surface area (Å²) in [6.45, 7) is 4.19. The molecule has 0 aliphatic carbocycles. The Morgan fingerprint density at radius 1 is 1.21 bits per heavy atom. The van der Waals surface area contributed by atoms with Crippen LogP contribution >= 0.6 is 0 Å². The summed E-state index contributed by atoms with van der Waals surface area (Å²) < 4.78 is 13.4. The molecule has 2 aromatic rings. The Morgan fingerprint density at radius 2 is 2.00 bits per heavy atom. The molecule has 0 fully saturated rings. The molecule has 0 saturated carbocycles. The standard InChI is InChI=1S/C12H12FN/c1-8(2)9-3-4-12-10(7-9)11(13)5-6-14-12/h3-8H,1-2H3. The average molecular weight is 189 g/mol. The first-order chi connectivity index (χ1) is 6.68. The van der Waals surface area contributed by atoms with Crippen molar-refractivity contribution in [2.24, 2.45) is 0 Å². The second kappa shape index (κ2) is 3.37. The second-order valence-corrected chi connectivity index (χ2v) is 3.72. The number of hydrogen-bond acceptors (Lipinski definition) is 1. The Balaban J connectivity index is 2.70. The van der Waals surface area contributed by atoms with Crippen molar-refractivity contribution in [3.05, 3.63) is 41.8 Å². The van der Waals surface area contributed by atoms with Crippen LogP contribution in [0.2, 0.25) is 0 Å². The van der Waals surface area contributed by atoms with Crippen molar-refractivity contribution < 1.29 is 4.39 Å². The highest BCUT2D eigenvalue weighted by Crippen LogP contribution is 2.21. The Bertz CT molecular complexity index is 463. The molecule has 0 unspecified atom stereocenters. The van der Waals surface area contributed by atoms with E-state index in [1.165, 1.54) is 12.3 Å². The molecule has 0 amide bonds. The summed E-state index contributed by atoms with van der Waals surface area (Å²) in [5.74, 6) is 0.219. The van der Waals surface area contributed by atoms with Gasteiger partial charge in [-0.15, -0.1) is 0 Å². The third kappa shape index (κ3) is 1.48. The quantitative estimate of drug-likeness (QED) is 0.669. The molecule has 72 valence electrons. The molecule has 0 aliphatic heterocycles. The number of hydrogen-bond donors (Lipinski definition) is 0. The lowest BCUT2D eigenvalue weighted by Gasteiger charge is -2.06. The lowest BCUT2D eigenvalue weighted by atomic mass is 10.0. The van der Waals surface area contributed by atoms with Gasteiger partial charge in [-0.3, -0.25) is 4.98 Å². The maximum Gasteiger partial charge on any atom is 0.134 e. The van der Waals surface area contributed by atoms with Crippen molar-refractivity contribution in [1.29, 1.82) is 0 Å². The average Bonchev–Trinajstić information content (AvgIpc) is 2.18. The Kier molecular flexibility index (Phi) is 2.20. The summed E-state index contributed by atoms with van der Waals surface area (Å²) in [4.78, 5) is 4.10. The molecular formula is C12H12FN. The number of fused-ring (bicyclic) bond motifs is 1. The van der Waals surface area contributed by atoms with E-state index in [1.807, 2.05) is 18.2 Å². The summed E-state index contributed by atoms with van der Waals surface area (Å²) in [5.41, 5.74) is 1.86. The van der Waals surface area contributed by atoms with E-state index in [1.54, 1.807) is 0 Å². The van der Waals surface area contributed by atoms with Crippen molar-refractivity contribution >= 4 is 10.9 Å². The zero-order valence-electron chi connectivity index (χ0n) is 8.29. The zero-order chi connectivity index (χ0) is 10.1. The van der Waals surface area contributed by atoms with Gasteiger partial charge in [0, 0.05) is 11.6 Å². The van der Waals surface area contributed by atoms with Gasteiger partial charge in [0.05, 0.1) is 5.52 Å². The molecule has 0 aliphatic rings. The molecule has 0 N–H and O–H groups in total. The van der Waals surface area contributed by atoms with Gasteiger partial charge in [-0.2, -0.15) is 0 Å². The fraction of sp³-hybridized carbons (Fsp3) is 0.250. The summed E-state index contributed by atoms with van der Waals surface area (Å²) in [6.07, 6.45) is 1.49. The SMILES string of the molecule is CC(C)c1ccc2nccc(F)c2c1. The molecule has 2 heteroatoms. The van der Waals surface area contributed by atoms with Crippen molar-refractivity contribution in [2.45, 2.75) is 19.8 Å². The molecule has 0 atom stereocenters. The lowest BCUT2D eigenvalue weighted by Crippen LogP contribution is -1.89. The predicted molar refractivity (Wildman–Crippen MR) is 55.8 cm³/mol. The highest BCUT2D eigenvalue weighted by Gasteiger charge is 2.04. The summed E-state index contributed by atoms with van der Waals surface area (Å²) >= 11 is 0. The molecule has 2 rings (SSSR count). The largest absolute Gasteiger partial charge is 0.256 e. The van der Waals surface area contributed by atoms with E-state index in [0.717, 1.165) is 11.1 Å². The molecule has 1 aromatic carbocycles. The Morgan fingerprint density at radius 3 is 2.71 bits per heavy atom. The number of nitrogens with zero attached hydrogens (tertiary/aromatic N) is 1. The van der Waals surface area contributed by atoms with Crippen LogP contribution in [-0.4, -0.2) is 4.98 Å². The topological polar surface area (TPSA) is 12.9 Å². The maximum absolute atomic E-state index is 13.4. The fourth-order valence-electron chi connectivity index (χ4n) is 1.49. The molecule has 0 radical (unpaired) electrons. The van der Waals surface area contributed by atoms with E-state index < -0.39 is 0 Å². The number of pyridine rings is 1. The van der Waals surface area contributed by atoms with E-state index in [0.29, 0.717) is 11.3 Å². The van der Waals surface area contributed by atoms with E-state index in [-0.39, 0.29) is 5.82 Å². The monoisotopic (exact) mass is 189 g/mol. The fourth-order valence-corrected chi connectivity index (χ4v) is 1.49. The third-order valence-corrected chi connectivity index (χ3v) is 2.38. The molecule has 0 bridgehead atoms. The van der Waals surface area contributed by atoms with Crippen molar-refractivity contribution in [3.63, 3.8) is 0 Å².